The fourth-order valence-electron chi connectivity index (χ4n) is 2.70. The monoisotopic (exact) mass is 318 g/mol. The summed E-state index contributed by atoms with van der Waals surface area (Å²) in [6, 6.07) is 3.99. The Kier molecular flexibility index (Phi) is 5.47. The first kappa shape index (κ1) is 17.1. The van der Waals surface area contributed by atoms with Crippen LogP contribution in [0.25, 0.3) is 0 Å². The van der Waals surface area contributed by atoms with Crippen molar-refractivity contribution in [1.82, 2.24) is 15.8 Å². The lowest BCUT2D eigenvalue weighted by molar-refractivity contribution is 0.391. The van der Waals surface area contributed by atoms with Gasteiger partial charge in [0.05, 0.1) is 11.7 Å². The van der Waals surface area contributed by atoms with Gasteiger partial charge < -0.3 is 19.6 Å². The van der Waals surface area contributed by atoms with E-state index in [0.717, 1.165) is 41.0 Å². The molecule has 2 rings (SSSR count). The maximum atomic E-state index is 5.64. The Morgan fingerprint density at radius 1 is 1.26 bits per heavy atom. The number of nitrogens with zero attached hydrogens (tertiary/aromatic N) is 2. The first-order valence-corrected chi connectivity index (χ1v) is 7.88. The predicted octanol–water partition coefficient (Wildman–Crippen LogP) is 3.22. The molecule has 0 bridgehead atoms. The van der Waals surface area contributed by atoms with Crippen molar-refractivity contribution in [2.24, 2.45) is 4.99 Å². The summed E-state index contributed by atoms with van der Waals surface area (Å²) >= 11 is 0. The molecule has 2 heterocycles. The van der Waals surface area contributed by atoms with Gasteiger partial charge >= 0.3 is 0 Å². The Labute approximate surface area is 137 Å². The summed E-state index contributed by atoms with van der Waals surface area (Å²) in [4.78, 5) is 4.27. The average molecular weight is 318 g/mol. The molecular formula is C17H26N4O2. The highest BCUT2D eigenvalue weighted by atomic mass is 16.5. The van der Waals surface area contributed by atoms with Crippen LogP contribution in [0.3, 0.4) is 0 Å². The third kappa shape index (κ3) is 4.15. The standard InChI is InChI=1S/C17H26N4O2/c1-10(16-13(4)21-23-14(16)5)9-19-17(18-6)20-12(3)15-8-7-11(2)22-15/h7-8,10,12H,9H2,1-6H3,(H2,18,19,20). The summed E-state index contributed by atoms with van der Waals surface area (Å²) in [5.74, 6) is 3.69. The Hall–Kier alpha value is -2.24. The van der Waals surface area contributed by atoms with E-state index in [-0.39, 0.29) is 12.0 Å². The minimum Gasteiger partial charge on any atom is -0.464 e. The molecule has 0 radical (unpaired) electrons. The van der Waals surface area contributed by atoms with Crippen LogP contribution < -0.4 is 10.6 Å². The first-order chi connectivity index (χ1) is 10.9. The van der Waals surface area contributed by atoms with Gasteiger partial charge in [0.1, 0.15) is 17.3 Å². The number of aromatic nitrogens is 1. The van der Waals surface area contributed by atoms with E-state index in [9.17, 15) is 0 Å². The van der Waals surface area contributed by atoms with E-state index in [2.05, 4.69) is 27.7 Å². The molecule has 0 aromatic carbocycles. The quantitative estimate of drug-likeness (QED) is 0.654. The van der Waals surface area contributed by atoms with Gasteiger partial charge in [0.15, 0.2) is 5.96 Å². The van der Waals surface area contributed by atoms with E-state index < -0.39 is 0 Å². The lowest BCUT2D eigenvalue weighted by atomic mass is 10.00. The van der Waals surface area contributed by atoms with Crippen LogP contribution in [0, 0.1) is 20.8 Å². The fourth-order valence-corrected chi connectivity index (χ4v) is 2.70. The van der Waals surface area contributed by atoms with E-state index >= 15 is 0 Å². The smallest absolute Gasteiger partial charge is 0.191 e. The van der Waals surface area contributed by atoms with Crippen molar-refractivity contribution in [2.75, 3.05) is 13.6 Å². The minimum absolute atomic E-state index is 0.0456. The van der Waals surface area contributed by atoms with E-state index in [1.54, 1.807) is 7.05 Å². The van der Waals surface area contributed by atoms with Crippen molar-refractivity contribution in [3.05, 3.63) is 40.7 Å². The molecule has 0 amide bonds. The Morgan fingerprint density at radius 2 is 2.00 bits per heavy atom. The first-order valence-electron chi connectivity index (χ1n) is 7.88. The van der Waals surface area contributed by atoms with Crippen LogP contribution in [0.4, 0.5) is 0 Å². The van der Waals surface area contributed by atoms with Crippen LogP contribution in [-0.4, -0.2) is 24.7 Å². The van der Waals surface area contributed by atoms with Gasteiger partial charge in [-0.2, -0.15) is 0 Å². The highest BCUT2D eigenvalue weighted by Gasteiger charge is 2.17. The molecule has 2 atom stereocenters. The van der Waals surface area contributed by atoms with Crippen LogP contribution >= 0.6 is 0 Å². The van der Waals surface area contributed by atoms with E-state index in [0.29, 0.717) is 0 Å². The zero-order valence-corrected chi connectivity index (χ0v) is 14.7. The molecule has 2 aromatic rings. The second-order valence-corrected chi connectivity index (χ2v) is 5.91. The van der Waals surface area contributed by atoms with Gasteiger partial charge in [-0.05, 0) is 39.8 Å². The van der Waals surface area contributed by atoms with Gasteiger partial charge in [-0.1, -0.05) is 12.1 Å². The van der Waals surface area contributed by atoms with E-state index in [1.165, 1.54) is 0 Å². The summed E-state index contributed by atoms with van der Waals surface area (Å²) in [5, 5.41) is 10.7. The number of hydrogen-bond acceptors (Lipinski definition) is 4. The Bertz CT molecular complexity index is 652. The molecule has 6 nitrogen and oxygen atoms in total. The molecule has 2 unspecified atom stereocenters. The topological polar surface area (TPSA) is 75.6 Å². The summed E-state index contributed by atoms with van der Waals surface area (Å²) in [5.41, 5.74) is 2.10. The SMILES string of the molecule is CN=C(NCC(C)c1c(C)noc1C)NC(C)c1ccc(C)o1. The molecule has 0 spiro atoms. The second kappa shape index (κ2) is 7.35. The number of hydrogen-bond donors (Lipinski definition) is 2. The van der Waals surface area contributed by atoms with Crippen molar-refractivity contribution < 1.29 is 8.94 Å². The molecule has 6 heteroatoms. The number of aryl methyl sites for hydroxylation is 3. The van der Waals surface area contributed by atoms with Crippen molar-refractivity contribution in [3.63, 3.8) is 0 Å². The highest BCUT2D eigenvalue weighted by Crippen LogP contribution is 2.22. The number of aliphatic imine (C=N–C) groups is 1. The molecule has 0 fully saturated rings. The Balaban J connectivity index is 1.93. The van der Waals surface area contributed by atoms with Crippen molar-refractivity contribution >= 4 is 5.96 Å². The maximum absolute atomic E-state index is 5.64. The molecule has 0 aliphatic carbocycles. The molecular weight excluding hydrogens is 292 g/mol. The number of rotatable bonds is 5. The van der Waals surface area contributed by atoms with Gasteiger partial charge in [0.25, 0.3) is 0 Å². The highest BCUT2D eigenvalue weighted by molar-refractivity contribution is 5.80. The second-order valence-electron chi connectivity index (χ2n) is 5.91. The number of furan rings is 1. The Morgan fingerprint density at radius 3 is 2.52 bits per heavy atom. The normalized spacial score (nSPS) is 14.6. The lowest BCUT2D eigenvalue weighted by Crippen LogP contribution is -2.40. The van der Waals surface area contributed by atoms with E-state index in [1.807, 2.05) is 39.8 Å². The summed E-state index contributed by atoms with van der Waals surface area (Å²) in [6.07, 6.45) is 0. The molecule has 0 aliphatic heterocycles. The zero-order chi connectivity index (χ0) is 17.0. The van der Waals surface area contributed by atoms with Gasteiger partial charge in [-0.15, -0.1) is 0 Å². The van der Waals surface area contributed by atoms with Crippen LogP contribution in [0.1, 0.15) is 54.3 Å². The molecule has 0 aliphatic rings. The summed E-state index contributed by atoms with van der Waals surface area (Å²) in [7, 11) is 1.76. The van der Waals surface area contributed by atoms with E-state index in [4.69, 9.17) is 8.94 Å². The minimum atomic E-state index is 0.0456. The maximum Gasteiger partial charge on any atom is 0.191 e. The van der Waals surface area contributed by atoms with Gasteiger partial charge in [-0.25, -0.2) is 0 Å². The molecule has 0 saturated heterocycles. The van der Waals surface area contributed by atoms with Crippen LogP contribution in [0.15, 0.2) is 26.1 Å². The van der Waals surface area contributed by atoms with Crippen LogP contribution in [0.5, 0.6) is 0 Å². The van der Waals surface area contributed by atoms with Crippen LogP contribution in [-0.2, 0) is 0 Å². The van der Waals surface area contributed by atoms with Crippen LogP contribution in [0.2, 0.25) is 0 Å². The van der Waals surface area contributed by atoms with Gasteiger partial charge in [0, 0.05) is 25.1 Å². The van der Waals surface area contributed by atoms with Crippen molar-refractivity contribution in [3.8, 4) is 0 Å². The predicted molar refractivity (Wildman–Crippen MR) is 90.7 cm³/mol. The molecule has 2 aromatic heterocycles. The molecule has 2 N–H and O–H groups in total. The van der Waals surface area contributed by atoms with Gasteiger partial charge in [0.2, 0.25) is 0 Å². The zero-order valence-electron chi connectivity index (χ0n) is 14.7. The summed E-state index contributed by atoms with van der Waals surface area (Å²) in [6.45, 7) is 10.8. The fraction of sp³-hybridized carbons (Fsp3) is 0.529. The third-order valence-electron chi connectivity index (χ3n) is 3.92. The lowest BCUT2D eigenvalue weighted by Gasteiger charge is -2.18. The van der Waals surface area contributed by atoms with Crippen molar-refractivity contribution in [1.29, 1.82) is 0 Å². The summed E-state index contributed by atoms with van der Waals surface area (Å²) < 4.78 is 10.9. The largest absolute Gasteiger partial charge is 0.464 e. The number of nitrogens with one attached hydrogen (secondary N) is 2. The third-order valence-corrected chi connectivity index (χ3v) is 3.92. The van der Waals surface area contributed by atoms with Crippen molar-refractivity contribution in [2.45, 2.75) is 46.6 Å². The van der Waals surface area contributed by atoms with Gasteiger partial charge in [-0.3, -0.25) is 4.99 Å². The molecule has 0 saturated carbocycles. The molecule has 126 valence electrons. The number of guanidine groups is 1. The average Bonchev–Trinajstić information content (AvgIpc) is 3.09. The molecule has 23 heavy (non-hydrogen) atoms.